The minimum atomic E-state index is -0.733. The quantitative estimate of drug-likeness (QED) is 0.270. The first-order valence-corrected chi connectivity index (χ1v) is 5.93. The Morgan fingerprint density at radius 1 is 1.05 bits per heavy atom. The molecule has 0 unspecified atom stereocenters. The molecule has 20 heavy (non-hydrogen) atoms. The Labute approximate surface area is 118 Å². The van der Waals surface area contributed by atoms with Crippen LogP contribution in [-0.2, 0) is 19.1 Å². The van der Waals surface area contributed by atoms with Gasteiger partial charge >= 0.3 is 11.9 Å². The Bertz CT molecular complexity index is 502. The number of hydrogen-bond donors (Lipinski definition) is 0. The topological polar surface area (TPSA) is 55.8 Å². The molecule has 0 aliphatic rings. The van der Waals surface area contributed by atoms with E-state index >= 15 is 0 Å². The van der Waals surface area contributed by atoms with E-state index in [2.05, 4.69) is 9.47 Å². The number of para-hydroxylation sites is 1. The molecule has 0 heterocycles. The van der Waals surface area contributed by atoms with Gasteiger partial charge in [0.25, 0.3) is 0 Å². The van der Waals surface area contributed by atoms with Crippen LogP contribution >= 0.6 is 0 Å². The molecular formula is C15H17NO4. The van der Waals surface area contributed by atoms with Gasteiger partial charge in [0.15, 0.2) is 0 Å². The molecule has 0 aliphatic heterocycles. The Kier molecular flexibility index (Phi) is 6.03. The number of ether oxygens (including phenoxy) is 2. The van der Waals surface area contributed by atoms with E-state index in [0.717, 1.165) is 5.69 Å². The van der Waals surface area contributed by atoms with E-state index in [1.807, 2.05) is 42.3 Å². The van der Waals surface area contributed by atoms with Crippen molar-refractivity contribution in [3.8, 4) is 0 Å². The minimum absolute atomic E-state index is 0.160. The van der Waals surface area contributed by atoms with E-state index in [0.29, 0.717) is 0 Å². The summed E-state index contributed by atoms with van der Waals surface area (Å²) in [5.41, 5.74) is 0.822. The largest absolute Gasteiger partial charge is 0.465 e. The molecule has 5 nitrogen and oxygen atoms in total. The van der Waals surface area contributed by atoms with Crippen molar-refractivity contribution >= 4 is 17.6 Å². The second-order valence-corrected chi connectivity index (χ2v) is 3.85. The van der Waals surface area contributed by atoms with Crippen LogP contribution < -0.4 is 4.90 Å². The molecule has 0 saturated heterocycles. The molecule has 0 atom stereocenters. The van der Waals surface area contributed by atoms with E-state index in [1.54, 1.807) is 12.3 Å². The molecule has 0 bridgehead atoms. The van der Waals surface area contributed by atoms with Crippen LogP contribution in [-0.4, -0.2) is 33.2 Å². The highest BCUT2D eigenvalue weighted by molar-refractivity contribution is 6.14. The lowest BCUT2D eigenvalue weighted by Crippen LogP contribution is -2.15. The second kappa shape index (κ2) is 7.78. The average molecular weight is 275 g/mol. The summed E-state index contributed by atoms with van der Waals surface area (Å²) in [5.74, 6) is -1.47. The normalized spacial score (nSPS) is 9.95. The van der Waals surface area contributed by atoms with Crippen LogP contribution in [0.2, 0.25) is 0 Å². The molecule has 1 aromatic rings. The monoisotopic (exact) mass is 275 g/mol. The number of methoxy groups -OCH3 is 2. The zero-order valence-electron chi connectivity index (χ0n) is 11.7. The van der Waals surface area contributed by atoms with Gasteiger partial charge in [-0.1, -0.05) is 18.2 Å². The van der Waals surface area contributed by atoms with Crippen molar-refractivity contribution in [1.82, 2.24) is 0 Å². The van der Waals surface area contributed by atoms with Crippen LogP contribution in [0, 0.1) is 0 Å². The van der Waals surface area contributed by atoms with E-state index < -0.39 is 11.9 Å². The Hall–Kier alpha value is -2.56. The third-order valence-electron chi connectivity index (χ3n) is 2.55. The summed E-state index contributed by atoms with van der Waals surface area (Å²) in [6.45, 7) is 0. The summed E-state index contributed by atoms with van der Waals surface area (Å²) in [7, 11) is 4.27. The van der Waals surface area contributed by atoms with Crippen LogP contribution in [0.1, 0.15) is 0 Å². The van der Waals surface area contributed by atoms with Gasteiger partial charge in [-0.15, -0.1) is 0 Å². The Morgan fingerprint density at radius 3 is 2.10 bits per heavy atom. The summed E-state index contributed by atoms with van der Waals surface area (Å²) < 4.78 is 9.04. The number of nitrogens with zero attached hydrogens (tertiary/aromatic N) is 1. The molecule has 0 aliphatic carbocycles. The number of benzene rings is 1. The summed E-state index contributed by atoms with van der Waals surface area (Å²) >= 11 is 0. The third-order valence-corrected chi connectivity index (χ3v) is 2.55. The highest BCUT2D eigenvalue weighted by Crippen LogP contribution is 2.11. The third kappa shape index (κ3) is 4.28. The SMILES string of the molecule is COC(=O)C(=CC=CN(C)c1ccccc1)C(=O)OC. The maximum absolute atomic E-state index is 11.4. The first kappa shape index (κ1) is 15.5. The van der Waals surface area contributed by atoms with Crippen LogP contribution in [0.5, 0.6) is 0 Å². The summed E-state index contributed by atoms with van der Waals surface area (Å²) in [4.78, 5) is 24.7. The Morgan fingerprint density at radius 2 is 1.60 bits per heavy atom. The molecule has 0 amide bonds. The van der Waals surface area contributed by atoms with E-state index in [9.17, 15) is 9.59 Å². The fourth-order valence-corrected chi connectivity index (χ4v) is 1.46. The van der Waals surface area contributed by atoms with Crippen LogP contribution in [0.15, 0.2) is 54.3 Å². The van der Waals surface area contributed by atoms with Crippen molar-refractivity contribution in [2.24, 2.45) is 0 Å². The van der Waals surface area contributed by atoms with E-state index in [4.69, 9.17) is 0 Å². The summed E-state index contributed by atoms with van der Waals surface area (Å²) in [5, 5.41) is 0. The van der Waals surface area contributed by atoms with Gasteiger partial charge in [-0.25, -0.2) is 9.59 Å². The van der Waals surface area contributed by atoms with E-state index in [1.165, 1.54) is 20.3 Å². The van der Waals surface area contributed by atoms with Crippen molar-refractivity contribution < 1.29 is 19.1 Å². The fourth-order valence-electron chi connectivity index (χ4n) is 1.46. The molecule has 0 spiro atoms. The van der Waals surface area contributed by atoms with Gasteiger partial charge in [-0.3, -0.25) is 0 Å². The average Bonchev–Trinajstić information content (AvgIpc) is 2.50. The van der Waals surface area contributed by atoms with Gasteiger partial charge in [0.05, 0.1) is 14.2 Å². The number of esters is 2. The fraction of sp³-hybridized carbons (Fsp3) is 0.200. The zero-order chi connectivity index (χ0) is 15.0. The molecule has 1 rings (SSSR count). The second-order valence-electron chi connectivity index (χ2n) is 3.85. The molecule has 0 saturated carbocycles. The standard InChI is InChI=1S/C15H17NO4/c1-16(12-8-5-4-6-9-12)11-7-10-13(14(17)19-2)15(18)20-3/h4-11H,1-3H3. The lowest BCUT2D eigenvalue weighted by Gasteiger charge is -2.13. The lowest BCUT2D eigenvalue weighted by molar-refractivity contribution is -0.144. The van der Waals surface area contributed by atoms with Gasteiger partial charge in [0, 0.05) is 18.9 Å². The lowest BCUT2D eigenvalue weighted by atomic mass is 10.2. The number of carbonyl (C=O) groups excluding carboxylic acids is 2. The van der Waals surface area contributed by atoms with Crippen molar-refractivity contribution in [2.45, 2.75) is 0 Å². The number of rotatable bonds is 5. The number of hydrogen-bond acceptors (Lipinski definition) is 5. The zero-order valence-corrected chi connectivity index (χ0v) is 11.7. The van der Waals surface area contributed by atoms with Crippen LogP contribution in [0.3, 0.4) is 0 Å². The van der Waals surface area contributed by atoms with Crippen molar-refractivity contribution in [3.63, 3.8) is 0 Å². The van der Waals surface area contributed by atoms with Gasteiger partial charge in [-0.05, 0) is 24.3 Å². The molecule has 0 radical (unpaired) electrons. The van der Waals surface area contributed by atoms with E-state index in [-0.39, 0.29) is 5.57 Å². The van der Waals surface area contributed by atoms with Crippen LogP contribution in [0.4, 0.5) is 5.69 Å². The highest BCUT2D eigenvalue weighted by atomic mass is 16.5. The van der Waals surface area contributed by atoms with Gasteiger partial charge in [0.1, 0.15) is 5.57 Å². The molecule has 1 aromatic carbocycles. The van der Waals surface area contributed by atoms with Gasteiger partial charge < -0.3 is 14.4 Å². The number of anilines is 1. The van der Waals surface area contributed by atoms with Crippen molar-refractivity contribution in [2.75, 3.05) is 26.2 Å². The predicted molar refractivity (Wildman–Crippen MR) is 76.1 cm³/mol. The van der Waals surface area contributed by atoms with Gasteiger partial charge in [-0.2, -0.15) is 0 Å². The maximum Gasteiger partial charge on any atom is 0.345 e. The number of carbonyl (C=O) groups is 2. The van der Waals surface area contributed by atoms with Crippen LogP contribution in [0.25, 0.3) is 0 Å². The Balaban J connectivity index is 2.84. The minimum Gasteiger partial charge on any atom is -0.465 e. The maximum atomic E-state index is 11.4. The summed E-state index contributed by atoms with van der Waals surface area (Å²) in [6.07, 6.45) is 4.66. The first-order chi connectivity index (χ1) is 9.60. The highest BCUT2D eigenvalue weighted by Gasteiger charge is 2.18. The van der Waals surface area contributed by atoms with Gasteiger partial charge in [0.2, 0.25) is 0 Å². The number of allylic oxidation sites excluding steroid dienone is 2. The molecule has 0 aromatic heterocycles. The molecule has 5 heteroatoms. The predicted octanol–water partition coefficient (Wildman–Crippen LogP) is 1.91. The van der Waals surface area contributed by atoms with Crippen molar-refractivity contribution in [1.29, 1.82) is 0 Å². The van der Waals surface area contributed by atoms with Crippen molar-refractivity contribution in [3.05, 3.63) is 54.3 Å². The molecule has 0 N–H and O–H groups in total. The molecule has 106 valence electrons. The summed E-state index contributed by atoms with van der Waals surface area (Å²) in [6, 6.07) is 9.65. The first-order valence-electron chi connectivity index (χ1n) is 5.93. The molecular weight excluding hydrogens is 258 g/mol. The molecule has 0 fully saturated rings. The smallest absolute Gasteiger partial charge is 0.345 e.